The zero-order valence-electron chi connectivity index (χ0n) is 14.5. The van der Waals surface area contributed by atoms with Gasteiger partial charge >= 0.3 is 5.97 Å². The van der Waals surface area contributed by atoms with Crippen molar-refractivity contribution in [3.05, 3.63) is 0 Å². The van der Waals surface area contributed by atoms with Crippen LogP contribution in [0.3, 0.4) is 0 Å². The standard InChI is InChI=1S/C14H26N4O7/c1-5(15)11(21)17-9(7(3)19)13(23)16-6(2)12(22)18-10(8(4)20)14(24)25/h5-10,19-20H,15H2,1-4H3,(H,16,23)(H,17,21)(H,18,22)(H,24,25)/t5-,6-,7+,8+,9-,10-/m0/s1. The van der Waals surface area contributed by atoms with Crippen molar-refractivity contribution in [3.8, 4) is 0 Å². The molecule has 0 aromatic heterocycles. The Morgan fingerprint density at radius 3 is 1.56 bits per heavy atom. The Morgan fingerprint density at radius 1 is 0.760 bits per heavy atom. The summed E-state index contributed by atoms with van der Waals surface area (Å²) in [6.07, 6.45) is -2.61. The molecule has 0 saturated carbocycles. The highest BCUT2D eigenvalue weighted by Crippen LogP contribution is 1.98. The van der Waals surface area contributed by atoms with Gasteiger partial charge in [-0.2, -0.15) is 0 Å². The molecule has 0 spiro atoms. The Hall–Kier alpha value is -2.24. The van der Waals surface area contributed by atoms with Crippen molar-refractivity contribution < 1.29 is 34.5 Å². The van der Waals surface area contributed by atoms with E-state index in [4.69, 9.17) is 10.8 Å². The molecule has 11 nitrogen and oxygen atoms in total. The van der Waals surface area contributed by atoms with Crippen LogP contribution in [0, 0.1) is 0 Å². The minimum atomic E-state index is -1.54. The molecule has 0 saturated heterocycles. The van der Waals surface area contributed by atoms with Crippen LogP contribution >= 0.6 is 0 Å². The van der Waals surface area contributed by atoms with E-state index in [1.165, 1.54) is 27.7 Å². The van der Waals surface area contributed by atoms with E-state index in [2.05, 4.69) is 16.0 Å². The molecule has 6 atom stereocenters. The number of hydrogen-bond acceptors (Lipinski definition) is 7. The number of hydrogen-bond donors (Lipinski definition) is 7. The maximum atomic E-state index is 12.1. The van der Waals surface area contributed by atoms with Gasteiger partial charge in [0.2, 0.25) is 17.7 Å². The lowest BCUT2D eigenvalue weighted by Crippen LogP contribution is -2.59. The highest BCUT2D eigenvalue weighted by Gasteiger charge is 2.31. The first-order valence-corrected chi connectivity index (χ1v) is 7.64. The van der Waals surface area contributed by atoms with Crippen molar-refractivity contribution in [1.82, 2.24) is 16.0 Å². The van der Waals surface area contributed by atoms with E-state index in [9.17, 15) is 29.4 Å². The number of carbonyl (C=O) groups is 4. The summed E-state index contributed by atoms with van der Waals surface area (Å²) in [5, 5.41) is 34.4. The summed E-state index contributed by atoms with van der Waals surface area (Å²) < 4.78 is 0. The number of carboxylic acid groups (broad SMARTS) is 1. The minimum absolute atomic E-state index is 0.668. The average molecular weight is 362 g/mol. The molecule has 0 radical (unpaired) electrons. The van der Waals surface area contributed by atoms with Crippen molar-refractivity contribution in [1.29, 1.82) is 0 Å². The molecule has 0 aliphatic rings. The fraction of sp³-hybridized carbons (Fsp3) is 0.714. The Balaban J connectivity index is 4.91. The molecular weight excluding hydrogens is 336 g/mol. The van der Waals surface area contributed by atoms with Gasteiger partial charge in [0, 0.05) is 0 Å². The predicted octanol–water partition coefficient (Wildman–Crippen LogP) is -3.35. The lowest BCUT2D eigenvalue weighted by atomic mass is 10.1. The van der Waals surface area contributed by atoms with Crippen LogP contribution in [0.25, 0.3) is 0 Å². The van der Waals surface area contributed by atoms with E-state index >= 15 is 0 Å². The molecule has 8 N–H and O–H groups in total. The quantitative estimate of drug-likeness (QED) is 0.221. The molecule has 0 heterocycles. The smallest absolute Gasteiger partial charge is 0.328 e. The fourth-order valence-corrected chi connectivity index (χ4v) is 1.73. The lowest BCUT2D eigenvalue weighted by Gasteiger charge is -2.25. The molecule has 11 heteroatoms. The van der Waals surface area contributed by atoms with Crippen LogP contribution < -0.4 is 21.7 Å². The van der Waals surface area contributed by atoms with E-state index < -0.39 is 60.1 Å². The number of aliphatic hydroxyl groups is 2. The highest BCUT2D eigenvalue weighted by molar-refractivity contribution is 5.94. The lowest BCUT2D eigenvalue weighted by molar-refractivity contribution is -0.145. The van der Waals surface area contributed by atoms with Crippen LogP contribution in [0.4, 0.5) is 0 Å². The minimum Gasteiger partial charge on any atom is -0.480 e. The van der Waals surface area contributed by atoms with Crippen molar-refractivity contribution >= 4 is 23.7 Å². The van der Waals surface area contributed by atoms with E-state index in [1.54, 1.807) is 0 Å². The largest absolute Gasteiger partial charge is 0.480 e. The number of nitrogens with one attached hydrogen (secondary N) is 3. The number of amides is 3. The van der Waals surface area contributed by atoms with E-state index in [-0.39, 0.29) is 0 Å². The van der Waals surface area contributed by atoms with Gasteiger partial charge in [0.1, 0.15) is 12.1 Å². The maximum Gasteiger partial charge on any atom is 0.328 e. The first kappa shape index (κ1) is 22.8. The normalized spacial score (nSPS) is 18.0. The molecule has 0 unspecified atom stereocenters. The number of rotatable bonds is 9. The molecule has 0 aliphatic carbocycles. The Bertz CT molecular complexity index is 507. The van der Waals surface area contributed by atoms with Gasteiger partial charge in [-0.05, 0) is 27.7 Å². The number of nitrogens with two attached hydrogens (primary N) is 1. The van der Waals surface area contributed by atoms with Gasteiger partial charge in [-0.1, -0.05) is 0 Å². The van der Waals surface area contributed by atoms with Crippen molar-refractivity contribution in [2.75, 3.05) is 0 Å². The first-order chi connectivity index (χ1) is 11.4. The zero-order chi connectivity index (χ0) is 19.9. The number of carboxylic acids is 1. The third kappa shape index (κ3) is 7.45. The molecule has 0 rings (SSSR count). The third-order valence-corrected chi connectivity index (χ3v) is 3.27. The van der Waals surface area contributed by atoms with Crippen LogP contribution in [0.15, 0.2) is 0 Å². The number of carbonyl (C=O) groups excluding carboxylic acids is 3. The Labute approximate surface area is 145 Å². The van der Waals surface area contributed by atoms with Gasteiger partial charge in [-0.15, -0.1) is 0 Å². The maximum absolute atomic E-state index is 12.1. The molecule has 25 heavy (non-hydrogen) atoms. The Morgan fingerprint density at radius 2 is 1.20 bits per heavy atom. The summed E-state index contributed by atoms with van der Waals surface area (Å²) in [6, 6.07) is -4.98. The summed E-state index contributed by atoms with van der Waals surface area (Å²) in [5.41, 5.74) is 5.38. The van der Waals surface area contributed by atoms with Crippen molar-refractivity contribution in [3.63, 3.8) is 0 Å². The molecule has 0 aromatic rings. The van der Waals surface area contributed by atoms with Crippen molar-refractivity contribution in [2.45, 2.75) is 64.1 Å². The zero-order valence-corrected chi connectivity index (χ0v) is 14.5. The van der Waals surface area contributed by atoms with E-state index in [1.807, 2.05) is 0 Å². The molecule has 0 bridgehead atoms. The van der Waals surface area contributed by atoms with E-state index in [0.29, 0.717) is 0 Å². The van der Waals surface area contributed by atoms with Gasteiger partial charge < -0.3 is 37.0 Å². The average Bonchev–Trinajstić information content (AvgIpc) is 2.47. The van der Waals surface area contributed by atoms with Crippen LogP contribution in [0.5, 0.6) is 0 Å². The monoisotopic (exact) mass is 362 g/mol. The predicted molar refractivity (Wildman–Crippen MR) is 86.1 cm³/mol. The third-order valence-electron chi connectivity index (χ3n) is 3.27. The summed E-state index contributed by atoms with van der Waals surface area (Å²) in [7, 11) is 0. The molecule has 0 aromatic carbocycles. The second-order valence-corrected chi connectivity index (χ2v) is 5.81. The van der Waals surface area contributed by atoms with Crippen molar-refractivity contribution in [2.24, 2.45) is 5.73 Å². The summed E-state index contributed by atoms with van der Waals surface area (Å²) in [5.74, 6) is -3.81. The second-order valence-electron chi connectivity index (χ2n) is 5.81. The van der Waals surface area contributed by atoms with Crippen LogP contribution in [0.1, 0.15) is 27.7 Å². The van der Waals surface area contributed by atoms with Crippen LogP contribution in [-0.2, 0) is 19.2 Å². The molecular formula is C14H26N4O7. The van der Waals surface area contributed by atoms with Gasteiger partial charge in [0.05, 0.1) is 18.2 Å². The molecule has 3 amide bonds. The van der Waals surface area contributed by atoms with Gasteiger partial charge in [0.25, 0.3) is 0 Å². The summed E-state index contributed by atoms with van der Waals surface area (Å²) in [6.45, 7) is 5.13. The fourth-order valence-electron chi connectivity index (χ4n) is 1.73. The summed E-state index contributed by atoms with van der Waals surface area (Å²) in [4.78, 5) is 46.6. The van der Waals surface area contributed by atoms with Gasteiger partial charge in [-0.3, -0.25) is 14.4 Å². The van der Waals surface area contributed by atoms with Crippen LogP contribution in [-0.4, -0.2) is 75.4 Å². The molecule has 144 valence electrons. The van der Waals surface area contributed by atoms with Gasteiger partial charge in [0.15, 0.2) is 6.04 Å². The molecule has 0 fully saturated rings. The Kier molecular flexibility index (Phi) is 9.02. The second kappa shape index (κ2) is 9.91. The number of aliphatic hydroxyl groups excluding tert-OH is 2. The highest BCUT2D eigenvalue weighted by atomic mass is 16.4. The molecule has 0 aliphatic heterocycles. The van der Waals surface area contributed by atoms with E-state index in [0.717, 1.165) is 0 Å². The topological polar surface area (TPSA) is 191 Å². The van der Waals surface area contributed by atoms with Crippen LogP contribution in [0.2, 0.25) is 0 Å². The first-order valence-electron chi connectivity index (χ1n) is 7.64. The van der Waals surface area contributed by atoms with Gasteiger partial charge in [-0.25, -0.2) is 4.79 Å². The summed E-state index contributed by atoms with van der Waals surface area (Å²) >= 11 is 0. The number of aliphatic carboxylic acids is 1. The SMILES string of the molecule is C[C@H](N)C(=O)N[C@H](C(=O)N[C@@H](C)C(=O)N[C@H](C(=O)O)[C@@H](C)O)[C@@H](C)O.